The molecule has 3 rings (SSSR count). The van der Waals surface area contributed by atoms with E-state index in [1.54, 1.807) is 50.4 Å². The monoisotopic (exact) mass is 446 g/mol. The number of hydrogen-bond donors (Lipinski definition) is 0. The number of amides is 1. The second-order valence-corrected chi connectivity index (χ2v) is 9.05. The van der Waals surface area contributed by atoms with Gasteiger partial charge in [-0.2, -0.15) is 8.42 Å². The van der Waals surface area contributed by atoms with Gasteiger partial charge < -0.3 is 9.47 Å². The van der Waals surface area contributed by atoms with Crippen molar-refractivity contribution in [1.29, 1.82) is 0 Å². The van der Waals surface area contributed by atoms with Crippen LogP contribution in [0, 0.1) is 6.92 Å². The van der Waals surface area contributed by atoms with Crippen LogP contribution in [-0.2, 0) is 14.8 Å². The standard InChI is InChI=1S/C21H22N2O5S2/c1-5-23-20(24)19(13-15-8-11-17(27-3)18(12-15)28-4)29-21(23)22-30(25,26)16-9-6-14(2)7-10-16/h6-13H,5H2,1-4H3/b19-13-,22-21+. The van der Waals surface area contributed by atoms with E-state index < -0.39 is 10.0 Å². The Kier molecular flexibility index (Phi) is 6.52. The molecule has 0 radical (unpaired) electrons. The van der Waals surface area contributed by atoms with Crippen molar-refractivity contribution in [3.05, 3.63) is 58.5 Å². The number of methoxy groups -OCH3 is 2. The Hall–Kier alpha value is -2.78. The summed E-state index contributed by atoms with van der Waals surface area (Å²) in [6.07, 6.45) is 1.68. The highest BCUT2D eigenvalue weighted by molar-refractivity contribution is 8.19. The van der Waals surface area contributed by atoms with Gasteiger partial charge in [-0.1, -0.05) is 23.8 Å². The van der Waals surface area contributed by atoms with Gasteiger partial charge in [-0.15, -0.1) is 4.40 Å². The fourth-order valence-electron chi connectivity index (χ4n) is 2.81. The zero-order valence-corrected chi connectivity index (χ0v) is 18.7. The van der Waals surface area contributed by atoms with E-state index >= 15 is 0 Å². The lowest BCUT2D eigenvalue weighted by Gasteiger charge is -2.12. The molecule has 1 saturated heterocycles. The predicted molar refractivity (Wildman–Crippen MR) is 118 cm³/mol. The fourth-order valence-corrected chi connectivity index (χ4v) is 5.06. The molecule has 2 aromatic carbocycles. The van der Waals surface area contributed by atoms with Gasteiger partial charge in [0.15, 0.2) is 16.7 Å². The minimum atomic E-state index is -3.93. The smallest absolute Gasteiger partial charge is 0.284 e. The molecule has 0 saturated carbocycles. The van der Waals surface area contributed by atoms with Crippen LogP contribution in [0.25, 0.3) is 6.08 Å². The van der Waals surface area contributed by atoms with Crippen LogP contribution in [0.4, 0.5) is 0 Å². The van der Waals surface area contributed by atoms with Crippen molar-refractivity contribution in [2.75, 3.05) is 20.8 Å². The van der Waals surface area contributed by atoms with E-state index in [0.29, 0.717) is 22.9 Å². The summed E-state index contributed by atoms with van der Waals surface area (Å²) >= 11 is 1.03. The lowest BCUT2D eigenvalue weighted by molar-refractivity contribution is -0.122. The summed E-state index contributed by atoms with van der Waals surface area (Å²) in [5.74, 6) is 0.812. The van der Waals surface area contributed by atoms with E-state index in [1.165, 1.54) is 24.1 Å². The minimum absolute atomic E-state index is 0.0852. The molecule has 158 valence electrons. The zero-order valence-electron chi connectivity index (χ0n) is 17.1. The summed E-state index contributed by atoms with van der Waals surface area (Å²) in [5, 5.41) is 0.134. The van der Waals surface area contributed by atoms with Gasteiger partial charge in [0.2, 0.25) is 0 Å². The number of aryl methyl sites for hydroxylation is 1. The van der Waals surface area contributed by atoms with Crippen LogP contribution in [0.2, 0.25) is 0 Å². The Labute approximate surface area is 180 Å². The summed E-state index contributed by atoms with van der Waals surface area (Å²) in [6.45, 7) is 3.95. The number of hydrogen-bond acceptors (Lipinski definition) is 6. The van der Waals surface area contributed by atoms with Crippen LogP contribution in [-0.4, -0.2) is 45.2 Å². The van der Waals surface area contributed by atoms with E-state index in [1.807, 2.05) is 6.92 Å². The highest BCUT2D eigenvalue weighted by atomic mass is 32.2. The first-order valence-corrected chi connectivity index (χ1v) is 11.4. The second-order valence-electron chi connectivity index (χ2n) is 6.44. The number of sulfonamides is 1. The summed E-state index contributed by atoms with van der Waals surface area (Å²) < 4.78 is 39.9. The van der Waals surface area contributed by atoms with Crippen LogP contribution in [0.1, 0.15) is 18.1 Å². The maximum absolute atomic E-state index is 12.8. The van der Waals surface area contributed by atoms with E-state index in [2.05, 4.69) is 4.40 Å². The van der Waals surface area contributed by atoms with Crippen LogP contribution < -0.4 is 9.47 Å². The molecule has 0 bridgehead atoms. The second kappa shape index (κ2) is 8.93. The molecule has 30 heavy (non-hydrogen) atoms. The average molecular weight is 447 g/mol. The number of likely N-dealkylation sites (N-methyl/N-ethyl adjacent to an activating group) is 1. The van der Waals surface area contributed by atoms with E-state index in [-0.39, 0.29) is 16.0 Å². The Morgan fingerprint density at radius 1 is 1.07 bits per heavy atom. The molecule has 1 aliphatic rings. The molecule has 0 N–H and O–H groups in total. The molecule has 0 atom stereocenters. The number of amidine groups is 1. The van der Waals surface area contributed by atoms with Crippen molar-refractivity contribution < 1.29 is 22.7 Å². The van der Waals surface area contributed by atoms with Gasteiger partial charge in [0, 0.05) is 6.54 Å². The summed E-state index contributed by atoms with van der Waals surface area (Å²) in [5.41, 5.74) is 1.67. The van der Waals surface area contributed by atoms with Gasteiger partial charge in [0.25, 0.3) is 15.9 Å². The van der Waals surface area contributed by atoms with Crippen LogP contribution in [0.15, 0.2) is 56.7 Å². The number of ether oxygens (including phenoxy) is 2. The fraction of sp³-hybridized carbons (Fsp3) is 0.238. The summed E-state index contributed by atoms with van der Waals surface area (Å²) in [7, 11) is -0.858. The maximum atomic E-state index is 12.8. The number of nitrogens with zero attached hydrogens (tertiary/aromatic N) is 2. The molecule has 9 heteroatoms. The van der Waals surface area contributed by atoms with Crippen molar-refractivity contribution in [2.45, 2.75) is 18.7 Å². The van der Waals surface area contributed by atoms with Gasteiger partial charge in [0.05, 0.1) is 24.0 Å². The van der Waals surface area contributed by atoms with Crippen molar-refractivity contribution in [3.63, 3.8) is 0 Å². The van der Waals surface area contributed by atoms with Crippen LogP contribution in [0.3, 0.4) is 0 Å². The maximum Gasteiger partial charge on any atom is 0.284 e. The van der Waals surface area contributed by atoms with E-state index in [0.717, 1.165) is 22.9 Å². The predicted octanol–water partition coefficient (Wildman–Crippen LogP) is 3.69. The number of thioether (sulfide) groups is 1. The lowest BCUT2D eigenvalue weighted by atomic mass is 10.2. The molecule has 1 aliphatic heterocycles. The molecular weight excluding hydrogens is 424 g/mol. The molecule has 1 heterocycles. The third-order valence-corrected chi connectivity index (χ3v) is 6.83. The Morgan fingerprint density at radius 2 is 1.73 bits per heavy atom. The van der Waals surface area contributed by atoms with Gasteiger partial charge in [-0.25, -0.2) is 0 Å². The highest BCUT2D eigenvalue weighted by Gasteiger charge is 2.34. The molecule has 0 aliphatic carbocycles. The molecule has 1 fully saturated rings. The quantitative estimate of drug-likeness (QED) is 0.629. The first-order chi connectivity index (χ1) is 14.3. The van der Waals surface area contributed by atoms with Crippen molar-refractivity contribution in [1.82, 2.24) is 4.90 Å². The van der Waals surface area contributed by atoms with Gasteiger partial charge >= 0.3 is 0 Å². The number of carbonyl (C=O) groups is 1. The van der Waals surface area contributed by atoms with Crippen molar-refractivity contribution in [3.8, 4) is 11.5 Å². The van der Waals surface area contributed by atoms with Crippen molar-refractivity contribution in [2.24, 2.45) is 4.40 Å². The summed E-state index contributed by atoms with van der Waals surface area (Å²) in [4.78, 5) is 14.6. The Bertz CT molecular complexity index is 1120. The molecule has 0 spiro atoms. The topological polar surface area (TPSA) is 85.3 Å². The Morgan fingerprint density at radius 3 is 2.33 bits per heavy atom. The lowest BCUT2D eigenvalue weighted by Crippen LogP contribution is -2.29. The first-order valence-electron chi connectivity index (χ1n) is 9.14. The average Bonchev–Trinajstić information content (AvgIpc) is 3.01. The highest BCUT2D eigenvalue weighted by Crippen LogP contribution is 2.35. The molecular formula is C21H22N2O5S2. The number of rotatable bonds is 6. The number of benzene rings is 2. The summed E-state index contributed by atoms with van der Waals surface area (Å²) in [6, 6.07) is 11.7. The zero-order chi connectivity index (χ0) is 21.9. The van der Waals surface area contributed by atoms with Crippen LogP contribution >= 0.6 is 11.8 Å². The Balaban J connectivity index is 1.96. The number of carbonyl (C=O) groups excluding carboxylic acids is 1. The van der Waals surface area contributed by atoms with Gasteiger partial charge in [-0.05, 0) is 61.5 Å². The van der Waals surface area contributed by atoms with Crippen LogP contribution in [0.5, 0.6) is 11.5 Å². The van der Waals surface area contributed by atoms with Gasteiger partial charge in [-0.3, -0.25) is 9.69 Å². The molecule has 7 nitrogen and oxygen atoms in total. The molecule has 0 unspecified atom stereocenters. The minimum Gasteiger partial charge on any atom is -0.493 e. The first kappa shape index (κ1) is 21.9. The van der Waals surface area contributed by atoms with E-state index in [4.69, 9.17) is 9.47 Å². The molecule has 1 amide bonds. The normalized spacial score (nSPS) is 17.1. The molecule has 0 aromatic heterocycles. The largest absolute Gasteiger partial charge is 0.493 e. The van der Waals surface area contributed by atoms with Crippen molar-refractivity contribution >= 4 is 38.9 Å². The van der Waals surface area contributed by atoms with Gasteiger partial charge in [0.1, 0.15) is 0 Å². The van der Waals surface area contributed by atoms with E-state index in [9.17, 15) is 13.2 Å². The SMILES string of the molecule is CCN1C(=O)/C(=C/c2ccc(OC)c(OC)c2)S/C1=N/S(=O)(=O)c1ccc(C)cc1. The molecule has 2 aromatic rings. The third kappa shape index (κ3) is 4.52. The third-order valence-electron chi connectivity index (χ3n) is 4.43.